The molecule has 0 N–H and O–H groups in total. The van der Waals surface area contributed by atoms with E-state index >= 15 is 0 Å². The standard InChI is InChI=1S/C36H22N4/c37-23-24-18-19-38-31(20-24)28-14-6-9-17-34(28)40-33-16-8-5-13-27(33)30-21-35-29(22-36(30)40)26-12-4-7-15-32(26)39(35)25-10-2-1-3-11-25/h1-22H. The molecule has 0 saturated carbocycles. The highest BCUT2D eigenvalue weighted by Crippen LogP contribution is 2.40. The molecule has 5 aromatic carbocycles. The number of hydrogen-bond acceptors (Lipinski definition) is 2. The van der Waals surface area contributed by atoms with Gasteiger partial charge in [-0.25, -0.2) is 0 Å². The summed E-state index contributed by atoms with van der Waals surface area (Å²) in [5.74, 6) is 0. The number of aromatic nitrogens is 3. The molecule has 8 aromatic rings. The molecular formula is C36H22N4. The van der Waals surface area contributed by atoms with E-state index in [0.29, 0.717) is 5.56 Å². The second kappa shape index (κ2) is 8.69. The summed E-state index contributed by atoms with van der Waals surface area (Å²) < 4.78 is 4.70. The van der Waals surface area contributed by atoms with Crippen molar-refractivity contribution in [1.82, 2.24) is 14.1 Å². The maximum absolute atomic E-state index is 9.53. The Kier molecular flexibility index (Phi) is 4.85. The van der Waals surface area contributed by atoms with Gasteiger partial charge in [-0.05, 0) is 54.6 Å². The predicted molar refractivity (Wildman–Crippen MR) is 163 cm³/mol. The summed E-state index contributed by atoms with van der Waals surface area (Å²) in [6, 6.07) is 46.6. The first-order chi connectivity index (χ1) is 19.8. The molecule has 0 aliphatic heterocycles. The highest BCUT2D eigenvalue weighted by atomic mass is 15.0. The third-order valence-electron chi connectivity index (χ3n) is 7.79. The van der Waals surface area contributed by atoms with E-state index in [0.717, 1.165) is 33.7 Å². The SMILES string of the molecule is N#Cc1ccnc(-c2ccccc2-n2c3ccccc3c3cc4c(cc32)c2ccccc2n4-c2ccccc2)c1. The second-order valence-corrected chi connectivity index (χ2v) is 9.99. The zero-order valence-corrected chi connectivity index (χ0v) is 21.5. The number of nitrogens with zero attached hydrogens (tertiary/aromatic N) is 4. The van der Waals surface area contributed by atoms with Crippen molar-refractivity contribution in [2.45, 2.75) is 0 Å². The van der Waals surface area contributed by atoms with E-state index in [-0.39, 0.29) is 0 Å². The van der Waals surface area contributed by atoms with Gasteiger partial charge in [-0.1, -0.05) is 72.8 Å². The summed E-state index contributed by atoms with van der Waals surface area (Å²) in [5, 5.41) is 14.3. The lowest BCUT2D eigenvalue weighted by Gasteiger charge is -2.14. The first-order valence-corrected chi connectivity index (χ1v) is 13.3. The monoisotopic (exact) mass is 510 g/mol. The zero-order valence-electron chi connectivity index (χ0n) is 21.5. The summed E-state index contributed by atoms with van der Waals surface area (Å²) in [6.07, 6.45) is 1.71. The predicted octanol–water partition coefficient (Wildman–Crippen LogP) is 8.81. The summed E-state index contributed by atoms with van der Waals surface area (Å²) in [7, 11) is 0. The van der Waals surface area contributed by atoms with Gasteiger partial charge in [0.15, 0.2) is 0 Å². The highest BCUT2D eigenvalue weighted by Gasteiger charge is 2.19. The minimum absolute atomic E-state index is 0.595. The molecule has 0 radical (unpaired) electrons. The van der Waals surface area contributed by atoms with E-state index < -0.39 is 0 Å². The number of fused-ring (bicyclic) bond motifs is 6. The summed E-state index contributed by atoms with van der Waals surface area (Å²) in [4.78, 5) is 4.65. The average molecular weight is 511 g/mol. The molecular weight excluding hydrogens is 488 g/mol. The Bertz CT molecular complexity index is 2280. The van der Waals surface area contributed by atoms with Crippen molar-refractivity contribution >= 4 is 43.6 Å². The minimum Gasteiger partial charge on any atom is -0.309 e. The van der Waals surface area contributed by atoms with E-state index in [2.05, 4.69) is 129 Å². The van der Waals surface area contributed by atoms with Crippen LogP contribution < -0.4 is 0 Å². The van der Waals surface area contributed by atoms with Crippen molar-refractivity contribution in [1.29, 1.82) is 5.26 Å². The fourth-order valence-electron chi connectivity index (χ4n) is 6.08. The summed E-state index contributed by atoms with van der Waals surface area (Å²) in [5.41, 5.74) is 9.16. The largest absolute Gasteiger partial charge is 0.309 e. The van der Waals surface area contributed by atoms with Gasteiger partial charge in [-0.2, -0.15) is 5.26 Å². The Morgan fingerprint density at radius 3 is 1.85 bits per heavy atom. The van der Waals surface area contributed by atoms with Crippen LogP contribution in [0, 0.1) is 11.3 Å². The molecule has 4 heteroatoms. The van der Waals surface area contributed by atoms with Crippen molar-refractivity contribution in [2.24, 2.45) is 0 Å². The zero-order chi connectivity index (χ0) is 26.6. The van der Waals surface area contributed by atoms with E-state index in [1.165, 1.54) is 32.6 Å². The molecule has 0 saturated heterocycles. The number of pyridine rings is 1. The molecule has 0 bridgehead atoms. The van der Waals surface area contributed by atoms with E-state index in [1.54, 1.807) is 12.3 Å². The van der Waals surface area contributed by atoms with Crippen molar-refractivity contribution in [3.8, 4) is 28.7 Å². The first kappa shape index (κ1) is 22.3. The van der Waals surface area contributed by atoms with Gasteiger partial charge in [0.1, 0.15) is 0 Å². The van der Waals surface area contributed by atoms with Gasteiger partial charge in [0.2, 0.25) is 0 Å². The number of benzene rings is 5. The molecule has 3 heterocycles. The van der Waals surface area contributed by atoms with Crippen LogP contribution in [-0.2, 0) is 0 Å². The quantitative estimate of drug-likeness (QED) is 0.238. The number of para-hydroxylation sites is 4. The lowest BCUT2D eigenvalue weighted by molar-refractivity contribution is 1.17. The van der Waals surface area contributed by atoms with Gasteiger partial charge in [0.25, 0.3) is 0 Å². The third-order valence-corrected chi connectivity index (χ3v) is 7.79. The third kappa shape index (κ3) is 3.22. The summed E-state index contributed by atoms with van der Waals surface area (Å²) in [6.45, 7) is 0. The van der Waals surface area contributed by atoms with Gasteiger partial charge in [0, 0.05) is 39.0 Å². The van der Waals surface area contributed by atoms with E-state index in [1.807, 2.05) is 12.1 Å². The Balaban J connectivity index is 1.51. The van der Waals surface area contributed by atoms with Crippen LogP contribution in [0.1, 0.15) is 5.56 Å². The smallest absolute Gasteiger partial charge is 0.0992 e. The number of hydrogen-bond donors (Lipinski definition) is 0. The molecule has 0 amide bonds. The van der Waals surface area contributed by atoms with Crippen LogP contribution in [0.2, 0.25) is 0 Å². The molecule has 4 nitrogen and oxygen atoms in total. The van der Waals surface area contributed by atoms with Crippen LogP contribution >= 0.6 is 0 Å². The van der Waals surface area contributed by atoms with Crippen LogP contribution in [0.25, 0.3) is 66.2 Å². The van der Waals surface area contributed by atoms with Gasteiger partial charge in [0.05, 0.1) is 45.1 Å². The molecule has 0 fully saturated rings. The summed E-state index contributed by atoms with van der Waals surface area (Å²) >= 11 is 0. The van der Waals surface area contributed by atoms with Crippen LogP contribution in [0.4, 0.5) is 0 Å². The Morgan fingerprint density at radius 2 is 1.12 bits per heavy atom. The number of rotatable bonds is 3. The lowest BCUT2D eigenvalue weighted by atomic mass is 10.1. The average Bonchev–Trinajstić information content (AvgIpc) is 3.52. The topological polar surface area (TPSA) is 46.5 Å². The maximum atomic E-state index is 9.53. The highest BCUT2D eigenvalue weighted by molar-refractivity contribution is 6.19. The van der Waals surface area contributed by atoms with Crippen LogP contribution in [0.5, 0.6) is 0 Å². The second-order valence-electron chi connectivity index (χ2n) is 9.99. The lowest BCUT2D eigenvalue weighted by Crippen LogP contribution is -1.98. The fraction of sp³-hybridized carbons (Fsp3) is 0. The van der Waals surface area contributed by atoms with Crippen LogP contribution in [0.15, 0.2) is 134 Å². The van der Waals surface area contributed by atoms with Crippen molar-refractivity contribution < 1.29 is 0 Å². The maximum Gasteiger partial charge on any atom is 0.0992 e. The first-order valence-electron chi connectivity index (χ1n) is 13.3. The molecule has 3 aromatic heterocycles. The Morgan fingerprint density at radius 1 is 0.525 bits per heavy atom. The van der Waals surface area contributed by atoms with Crippen molar-refractivity contribution in [3.63, 3.8) is 0 Å². The van der Waals surface area contributed by atoms with Gasteiger partial charge < -0.3 is 9.13 Å². The molecule has 0 aliphatic rings. The minimum atomic E-state index is 0.595. The molecule has 0 unspecified atom stereocenters. The van der Waals surface area contributed by atoms with Crippen molar-refractivity contribution in [3.05, 3.63) is 139 Å². The Labute approximate surface area is 230 Å². The molecule has 8 rings (SSSR count). The molecule has 186 valence electrons. The molecule has 0 atom stereocenters. The van der Waals surface area contributed by atoms with Gasteiger partial charge >= 0.3 is 0 Å². The normalized spacial score (nSPS) is 11.5. The fourth-order valence-corrected chi connectivity index (χ4v) is 6.08. The van der Waals surface area contributed by atoms with E-state index in [9.17, 15) is 5.26 Å². The molecule has 40 heavy (non-hydrogen) atoms. The Hall–Kier alpha value is -5.66. The van der Waals surface area contributed by atoms with Gasteiger partial charge in [-0.3, -0.25) is 4.98 Å². The molecule has 0 aliphatic carbocycles. The van der Waals surface area contributed by atoms with Crippen LogP contribution in [0.3, 0.4) is 0 Å². The number of nitriles is 1. The van der Waals surface area contributed by atoms with E-state index in [4.69, 9.17) is 0 Å². The molecule has 0 spiro atoms. The van der Waals surface area contributed by atoms with Crippen LogP contribution in [-0.4, -0.2) is 14.1 Å². The van der Waals surface area contributed by atoms with Gasteiger partial charge in [-0.15, -0.1) is 0 Å². The van der Waals surface area contributed by atoms with Crippen molar-refractivity contribution in [2.75, 3.05) is 0 Å².